The summed E-state index contributed by atoms with van der Waals surface area (Å²) in [6, 6.07) is 2.55. The van der Waals surface area contributed by atoms with Crippen LogP contribution in [0.1, 0.15) is 71.5 Å². The number of carboxylic acids is 1. The molecule has 2 aromatic heterocycles. The van der Waals surface area contributed by atoms with Crippen LogP contribution >= 0.6 is 0 Å². The van der Waals surface area contributed by atoms with Crippen LogP contribution in [-0.4, -0.2) is 84.1 Å². The maximum Gasteiger partial charge on any atom is 0.310 e. The molecule has 7 N–H and O–H groups in total. The van der Waals surface area contributed by atoms with E-state index < -0.39 is 36.3 Å². The van der Waals surface area contributed by atoms with Crippen LogP contribution in [0.25, 0.3) is 22.3 Å². The molecule has 1 fully saturated rings. The molecular weight excluding hydrogens is 709 g/mol. The number of ether oxygens (including phenoxy) is 2. The molecule has 0 saturated heterocycles. The number of fused-ring (bicyclic) bond motifs is 5. The number of carbonyl (C=O) groups excluding carboxylic acids is 4. The Balaban J connectivity index is 0.972. The highest BCUT2D eigenvalue weighted by atomic mass is 16.5. The van der Waals surface area contributed by atoms with Gasteiger partial charge in [-0.25, -0.2) is 4.98 Å². The zero-order valence-corrected chi connectivity index (χ0v) is 30.4. The van der Waals surface area contributed by atoms with Gasteiger partial charge in [0.15, 0.2) is 0 Å². The van der Waals surface area contributed by atoms with Crippen LogP contribution in [-0.2, 0) is 59.4 Å². The van der Waals surface area contributed by atoms with Crippen molar-refractivity contribution >= 4 is 53.9 Å². The molecule has 0 spiro atoms. The number of nitrogens with zero attached hydrogens (tertiary/aromatic N) is 2. The van der Waals surface area contributed by atoms with Gasteiger partial charge in [0.2, 0.25) is 17.7 Å². The third-order valence-electron chi connectivity index (χ3n) is 11.1. The minimum absolute atomic E-state index is 0.0393. The Morgan fingerprint density at radius 3 is 2.67 bits per heavy atom. The van der Waals surface area contributed by atoms with Gasteiger partial charge in [0.05, 0.1) is 60.7 Å². The Hall–Kier alpha value is -5.55. The fourth-order valence-electron chi connectivity index (χ4n) is 7.98. The molecule has 0 unspecified atom stereocenters. The molecule has 17 heteroatoms. The SMILES string of the molecule is [B]c1cc2nc3c(c4c2c(c1C)CC[C@@H]4NC(=C)C1CC(OCNC(=O)CNC(=O)[C@H](CCC(=O)O)NC(=O)CN)C1)Cn1c-3cc2c(c1=O)COC(=O)C2. The van der Waals surface area contributed by atoms with E-state index >= 15 is 0 Å². The van der Waals surface area contributed by atoms with Crippen LogP contribution < -0.4 is 38.0 Å². The average molecular weight is 752 g/mol. The molecule has 3 amide bonds. The van der Waals surface area contributed by atoms with Crippen molar-refractivity contribution < 1.29 is 38.6 Å². The number of carboxylic acid groups (broad SMARTS) is 1. The highest BCUT2D eigenvalue weighted by Crippen LogP contribution is 2.45. The summed E-state index contributed by atoms with van der Waals surface area (Å²) in [6.45, 7) is 5.89. The number of esters is 1. The molecular formula is C38H42BN7O9. The zero-order valence-electron chi connectivity index (χ0n) is 30.4. The van der Waals surface area contributed by atoms with Gasteiger partial charge in [-0.15, -0.1) is 0 Å². The molecule has 1 aromatic carbocycles. The topological polar surface area (TPSA) is 233 Å². The molecule has 4 heterocycles. The Kier molecular flexibility index (Phi) is 10.5. The average Bonchev–Trinajstić information content (AvgIpc) is 3.50. The number of pyridine rings is 2. The third kappa shape index (κ3) is 7.45. The lowest BCUT2D eigenvalue weighted by atomic mass is 9.76. The molecule has 1 saturated carbocycles. The lowest BCUT2D eigenvalue weighted by molar-refractivity contribution is -0.145. The van der Waals surface area contributed by atoms with Gasteiger partial charge in [0.25, 0.3) is 5.56 Å². The van der Waals surface area contributed by atoms with E-state index in [4.69, 9.17) is 33.1 Å². The molecule has 286 valence electrons. The summed E-state index contributed by atoms with van der Waals surface area (Å²) in [5.74, 6) is -3.21. The smallest absolute Gasteiger partial charge is 0.310 e. The van der Waals surface area contributed by atoms with Gasteiger partial charge in [0, 0.05) is 29.0 Å². The second-order valence-electron chi connectivity index (χ2n) is 14.5. The Labute approximate surface area is 317 Å². The van der Waals surface area contributed by atoms with Crippen molar-refractivity contribution in [1.82, 2.24) is 30.8 Å². The lowest BCUT2D eigenvalue weighted by Gasteiger charge is -2.39. The summed E-state index contributed by atoms with van der Waals surface area (Å²) in [5, 5.41) is 21.0. The maximum atomic E-state index is 13.7. The van der Waals surface area contributed by atoms with Gasteiger partial charge in [-0.05, 0) is 67.9 Å². The molecule has 0 bridgehead atoms. The summed E-state index contributed by atoms with van der Waals surface area (Å²) in [5.41, 5.74) is 14.2. The first-order valence-corrected chi connectivity index (χ1v) is 18.3. The van der Waals surface area contributed by atoms with Crippen molar-refractivity contribution in [2.75, 3.05) is 19.8 Å². The second kappa shape index (κ2) is 15.3. The monoisotopic (exact) mass is 751 g/mol. The minimum Gasteiger partial charge on any atom is -0.481 e. The van der Waals surface area contributed by atoms with Gasteiger partial charge in [-0.3, -0.25) is 28.8 Å². The number of aryl methyl sites for hydroxylation is 1. The summed E-state index contributed by atoms with van der Waals surface area (Å²) in [4.78, 5) is 78.3. The van der Waals surface area contributed by atoms with E-state index in [-0.39, 0.29) is 68.7 Å². The number of amides is 3. The quantitative estimate of drug-likeness (QED) is 0.0545. The van der Waals surface area contributed by atoms with Gasteiger partial charge in [0.1, 0.15) is 27.2 Å². The number of rotatable bonds is 14. The van der Waals surface area contributed by atoms with E-state index in [1.807, 2.05) is 19.1 Å². The highest BCUT2D eigenvalue weighted by molar-refractivity contribution is 6.34. The lowest BCUT2D eigenvalue weighted by Crippen LogP contribution is -2.50. The van der Waals surface area contributed by atoms with Crippen molar-refractivity contribution in [2.24, 2.45) is 11.7 Å². The predicted molar refractivity (Wildman–Crippen MR) is 199 cm³/mol. The molecule has 2 radical (unpaired) electrons. The largest absolute Gasteiger partial charge is 0.481 e. The van der Waals surface area contributed by atoms with Crippen LogP contribution in [0.2, 0.25) is 0 Å². The molecule has 3 aromatic rings. The first-order valence-electron chi connectivity index (χ1n) is 18.3. The van der Waals surface area contributed by atoms with Crippen molar-refractivity contribution in [1.29, 1.82) is 0 Å². The number of carbonyl (C=O) groups is 5. The number of allylic oxidation sites excluding steroid dienone is 1. The van der Waals surface area contributed by atoms with Crippen LogP contribution in [0, 0.1) is 12.8 Å². The molecule has 55 heavy (non-hydrogen) atoms. The van der Waals surface area contributed by atoms with Crippen LogP contribution in [0.4, 0.5) is 0 Å². The number of cyclic esters (lactones) is 1. The zero-order chi connectivity index (χ0) is 39.1. The number of benzene rings is 1. The molecule has 7 rings (SSSR count). The standard InChI is InChI=1S/C38H42BN7O9/c1-17-22-3-4-26(35-23-14-46-29(36(23)45-28(34(22)35)11-25(17)39)9-20-10-33(51)54-15-24(20)38(46)53)43-18(2)19-7-21(8-19)55-16-42-31(48)13-41-37(52)27(5-6-32(49)50)44-30(47)12-40/h9,11,19,21,26-27,43H,2-8,10,12-16,40H2,1H3,(H,41,52)(H,42,48)(H,44,47)(H,49,50)/t19?,21?,26-,27-/m0/s1. The number of nitrogens with two attached hydrogens (primary N) is 1. The van der Waals surface area contributed by atoms with E-state index in [0.717, 1.165) is 51.7 Å². The maximum absolute atomic E-state index is 13.7. The van der Waals surface area contributed by atoms with Crippen molar-refractivity contribution in [3.05, 3.63) is 68.1 Å². The Morgan fingerprint density at radius 2 is 1.93 bits per heavy atom. The fourth-order valence-corrected chi connectivity index (χ4v) is 7.98. The van der Waals surface area contributed by atoms with Crippen molar-refractivity contribution in [3.8, 4) is 11.4 Å². The summed E-state index contributed by atoms with van der Waals surface area (Å²) >= 11 is 0. The van der Waals surface area contributed by atoms with Crippen molar-refractivity contribution in [3.63, 3.8) is 0 Å². The molecule has 4 aliphatic rings. The van der Waals surface area contributed by atoms with E-state index in [0.29, 0.717) is 47.4 Å². The van der Waals surface area contributed by atoms with E-state index in [1.54, 1.807) is 4.57 Å². The molecule has 16 nitrogen and oxygen atoms in total. The summed E-state index contributed by atoms with van der Waals surface area (Å²) in [6.07, 6.45) is 2.34. The van der Waals surface area contributed by atoms with Crippen molar-refractivity contribution in [2.45, 2.75) is 83.2 Å². The first kappa shape index (κ1) is 37.8. The Morgan fingerprint density at radius 1 is 1.15 bits per heavy atom. The van der Waals surface area contributed by atoms with Gasteiger partial charge >= 0.3 is 11.9 Å². The highest BCUT2D eigenvalue weighted by Gasteiger charge is 2.37. The Bertz CT molecular complexity index is 2210. The molecule has 2 atom stereocenters. The first-order chi connectivity index (χ1) is 26.3. The predicted octanol–water partition coefficient (Wildman–Crippen LogP) is -0.489. The van der Waals surface area contributed by atoms with Crippen LogP contribution in [0.3, 0.4) is 0 Å². The number of aliphatic carboxylic acids is 1. The number of hydrogen-bond acceptors (Lipinski definition) is 11. The molecule has 2 aliphatic carbocycles. The normalized spacial score (nSPS) is 19.5. The van der Waals surface area contributed by atoms with E-state index in [2.05, 4.69) is 27.8 Å². The van der Waals surface area contributed by atoms with E-state index in [1.165, 1.54) is 0 Å². The minimum atomic E-state index is -1.14. The second-order valence-corrected chi connectivity index (χ2v) is 14.5. The number of nitrogens with one attached hydrogen (secondary N) is 4. The van der Waals surface area contributed by atoms with Crippen LogP contribution in [0.15, 0.2) is 29.2 Å². The van der Waals surface area contributed by atoms with Gasteiger partial charge < -0.3 is 46.1 Å². The summed E-state index contributed by atoms with van der Waals surface area (Å²) < 4.78 is 12.8. The van der Waals surface area contributed by atoms with Gasteiger partial charge in [-0.2, -0.15) is 0 Å². The molecule has 2 aliphatic heterocycles. The van der Waals surface area contributed by atoms with Crippen LogP contribution in [0.5, 0.6) is 0 Å². The van der Waals surface area contributed by atoms with E-state index in [9.17, 15) is 28.8 Å². The summed E-state index contributed by atoms with van der Waals surface area (Å²) in [7, 11) is 6.47. The fraction of sp³-hybridized carbons (Fsp3) is 0.447. The number of aromatic nitrogens is 2. The number of hydrogen-bond donors (Lipinski definition) is 6. The third-order valence-corrected chi connectivity index (χ3v) is 11.1. The van der Waals surface area contributed by atoms with Gasteiger partial charge in [-0.1, -0.05) is 17.6 Å².